The molecule has 0 radical (unpaired) electrons. The van der Waals surface area contributed by atoms with Gasteiger partial charge in [0.25, 0.3) is 0 Å². The van der Waals surface area contributed by atoms with Crippen LogP contribution in [0.4, 0.5) is 10.1 Å². The molecule has 0 unspecified atom stereocenters. The third-order valence-corrected chi connectivity index (χ3v) is 3.47. The molecule has 0 spiro atoms. The highest BCUT2D eigenvalue weighted by Gasteiger charge is 2.09. The summed E-state index contributed by atoms with van der Waals surface area (Å²) in [6.07, 6.45) is 0. The third kappa shape index (κ3) is 3.70. The fourth-order valence-corrected chi connectivity index (χ4v) is 2.15. The molecule has 3 nitrogen and oxygen atoms in total. The topological polar surface area (TPSA) is 38.5 Å². The lowest BCUT2D eigenvalue weighted by Crippen LogP contribution is -2.18. The minimum Gasteiger partial charge on any atom is -0.497 e. The zero-order valence-corrected chi connectivity index (χ0v) is 12.8. The Kier molecular flexibility index (Phi) is 4.75. The minimum absolute atomic E-state index is 0.285. The largest absolute Gasteiger partial charge is 0.497 e. The second-order valence-corrected chi connectivity index (χ2v) is 5.17. The summed E-state index contributed by atoms with van der Waals surface area (Å²) in [5.74, 6) is 0.223. The van der Waals surface area contributed by atoms with Crippen LogP contribution in [0.15, 0.2) is 42.5 Å². The number of ether oxygens (including phenoxy) is 1. The maximum atomic E-state index is 14.0. The molecule has 2 N–H and O–H groups in total. The lowest BCUT2D eigenvalue weighted by molar-refractivity contribution is 0.410. The number of thiocarbonyl (C=S) groups is 1. The Labute approximate surface area is 129 Å². The molecule has 0 aliphatic rings. The lowest BCUT2D eigenvalue weighted by atomic mass is 10.1. The Bertz CT molecular complexity index is 660. The number of rotatable bonds is 5. The van der Waals surface area contributed by atoms with Gasteiger partial charge in [-0.1, -0.05) is 30.4 Å². The molecule has 21 heavy (non-hydrogen) atoms. The highest BCUT2D eigenvalue weighted by Crippen LogP contribution is 2.21. The first kappa shape index (κ1) is 15.3. The molecular formula is C16H17FN2OS. The molecule has 2 rings (SSSR count). The van der Waals surface area contributed by atoms with Crippen molar-refractivity contribution in [3.8, 4) is 5.75 Å². The minimum atomic E-state index is -0.285. The number of methoxy groups -OCH3 is 1. The van der Waals surface area contributed by atoms with Gasteiger partial charge in [0, 0.05) is 36.5 Å². The van der Waals surface area contributed by atoms with E-state index in [1.807, 2.05) is 36.2 Å². The first-order valence-electron chi connectivity index (χ1n) is 6.44. The zero-order chi connectivity index (χ0) is 15.4. The third-order valence-electron chi connectivity index (χ3n) is 3.24. The van der Waals surface area contributed by atoms with E-state index in [1.165, 1.54) is 13.2 Å². The molecule has 2 aromatic carbocycles. The Morgan fingerprint density at radius 2 is 2.05 bits per heavy atom. The molecule has 0 heterocycles. The molecule has 5 heteroatoms. The molecule has 0 saturated carbocycles. The fourth-order valence-electron chi connectivity index (χ4n) is 2.03. The van der Waals surface area contributed by atoms with Crippen molar-refractivity contribution in [1.82, 2.24) is 0 Å². The van der Waals surface area contributed by atoms with Crippen LogP contribution in [0.5, 0.6) is 5.75 Å². The van der Waals surface area contributed by atoms with Gasteiger partial charge in [-0.3, -0.25) is 0 Å². The average molecular weight is 304 g/mol. The number of hydrogen-bond acceptors (Lipinski definition) is 3. The number of hydrogen-bond donors (Lipinski definition) is 1. The second kappa shape index (κ2) is 6.54. The van der Waals surface area contributed by atoms with Crippen LogP contribution in [0.1, 0.15) is 11.1 Å². The standard InChI is InChI=1S/C16H17FN2OS/c1-19(13-5-3-4-11(8-13)16(18)21)10-12-6-7-14(20-2)9-15(12)17/h3-9H,10H2,1-2H3,(H2,18,21). The first-order valence-corrected chi connectivity index (χ1v) is 6.85. The predicted octanol–water partition coefficient (Wildman–Crippen LogP) is 3.10. The number of nitrogens with zero attached hydrogens (tertiary/aromatic N) is 1. The van der Waals surface area contributed by atoms with Gasteiger partial charge in [-0.05, 0) is 18.2 Å². The van der Waals surface area contributed by atoms with Gasteiger partial charge in [0.2, 0.25) is 0 Å². The van der Waals surface area contributed by atoms with Gasteiger partial charge in [-0.15, -0.1) is 0 Å². The van der Waals surface area contributed by atoms with Crippen molar-refractivity contribution < 1.29 is 9.13 Å². The van der Waals surface area contributed by atoms with Crippen molar-refractivity contribution in [3.05, 3.63) is 59.4 Å². The van der Waals surface area contributed by atoms with Crippen molar-refractivity contribution in [3.63, 3.8) is 0 Å². The summed E-state index contributed by atoms with van der Waals surface area (Å²) in [6, 6.07) is 12.4. The van der Waals surface area contributed by atoms with Gasteiger partial charge in [0.1, 0.15) is 16.6 Å². The van der Waals surface area contributed by atoms with Crippen LogP contribution in [0, 0.1) is 5.82 Å². The smallest absolute Gasteiger partial charge is 0.131 e. The van der Waals surface area contributed by atoms with Crippen LogP contribution in [0.2, 0.25) is 0 Å². The average Bonchev–Trinajstić information content (AvgIpc) is 2.49. The summed E-state index contributed by atoms with van der Waals surface area (Å²) < 4.78 is 19.0. The van der Waals surface area contributed by atoms with Crippen LogP contribution in [0.3, 0.4) is 0 Å². The van der Waals surface area contributed by atoms with Crippen LogP contribution in [-0.2, 0) is 6.54 Å². The van der Waals surface area contributed by atoms with Crippen molar-refractivity contribution in [2.75, 3.05) is 19.1 Å². The van der Waals surface area contributed by atoms with E-state index in [2.05, 4.69) is 0 Å². The second-order valence-electron chi connectivity index (χ2n) is 4.73. The number of anilines is 1. The van der Waals surface area contributed by atoms with Crippen LogP contribution >= 0.6 is 12.2 Å². The summed E-state index contributed by atoms with van der Waals surface area (Å²) >= 11 is 4.97. The summed E-state index contributed by atoms with van der Waals surface area (Å²) in [5.41, 5.74) is 7.95. The molecule has 0 bridgehead atoms. The van der Waals surface area contributed by atoms with E-state index >= 15 is 0 Å². The maximum Gasteiger partial charge on any atom is 0.131 e. The normalized spacial score (nSPS) is 10.2. The Morgan fingerprint density at radius 3 is 2.67 bits per heavy atom. The van der Waals surface area contributed by atoms with E-state index < -0.39 is 0 Å². The van der Waals surface area contributed by atoms with E-state index in [-0.39, 0.29) is 5.82 Å². The molecule has 0 amide bonds. The lowest BCUT2D eigenvalue weighted by Gasteiger charge is -2.20. The monoisotopic (exact) mass is 304 g/mol. The van der Waals surface area contributed by atoms with E-state index in [9.17, 15) is 4.39 Å². The predicted molar refractivity (Wildman–Crippen MR) is 87.4 cm³/mol. The quantitative estimate of drug-likeness (QED) is 0.862. The molecule has 0 fully saturated rings. The van der Waals surface area contributed by atoms with Crippen molar-refractivity contribution in [2.45, 2.75) is 6.54 Å². The van der Waals surface area contributed by atoms with E-state index in [0.717, 1.165) is 11.3 Å². The molecule has 2 aromatic rings. The maximum absolute atomic E-state index is 14.0. The summed E-state index contributed by atoms with van der Waals surface area (Å²) in [4.78, 5) is 2.29. The number of benzene rings is 2. The molecule has 0 aromatic heterocycles. The van der Waals surface area contributed by atoms with Gasteiger partial charge >= 0.3 is 0 Å². The van der Waals surface area contributed by atoms with Crippen molar-refractivity contribution in [1.29, 1.82) is 0 Å². The van der Waals surface area contributed by atoms with Gasteiger partial charge in [-0.25, -0.2) is 4.39 Å². The molecular weight excluding hydrogens is 287 g/mol. The van der Waals surface area contributed by atoms with Crippen molar-refractivity contribution >= 4 is 22.9 Å². The number of halogens is 1. The molecule has 0 atom stereocenters. The Morgan fingerprint density at radius 1 is 1.29 bits per heavy atom. The molecule has 110 valence electrons. The first-order chi connectivity index (χ1) is 10.0. The summed E-state index contributed by atoms with van der Waals surface area (Å²) in [6.45, 7) is 0.441. The summed E-state index contributed by atoms with van der Waals surface area (Å²) in [5, 5.41) is 0. The van der Waals surface area contributed by atoms with E-state index in [0.29, 0.717) is 22.8 Å². The highest BCUT2D eigenvalue weighted by atomic mass is 32.1. The molecule has 0 aliphatic heterocycles. The van der Waals surface area contributed by atoms with Crippen LogP contribution < -0.4 is 15.4 Å². The fraction of sp³-hybridized carbons (Fsp3) is 0.188. The molecule has 0 saturated heterocycles. The van der Waals surface area contributed by atoms with Gasteiger partial charge in [0.05, 0.1) is 7.11 Å². The zero-order valence-electron chi connectivity index (χ0n) is 12.0. The van der Waals surface area contributed by atoms with Crippen molar-refractivity contribution in [2.24, 2.45) is 5.73 Å². The van der Waals surface area contributed by atoms with E-state index in [1.54, 1.807) is 12.1 Å². The van der Waals surface area contributed by atoms with Crippen LogP contribution in [0.25, 0.3) is 0 Å². The number of nitrogens with two attached hydrogens (primary N) is 1. The Balaban J connectivity index is 2.19. The van der Waals surface area contributed by atoms with Crippen LogP contribution in [-0.4, -0.2) is 19.1 Å². The molecule has 0 aliphatic carbocycles. The highest BCUT2D eigenvalue weighted by molar-refractivity contribution is 7.80. The van der Waals surface area contributed by atoms with E-state index in [4.69, 9.17) is 22.7 Å². The van der Waals surface area contributed by atoms with Gasteiger partial charge in [-0.2, -0.15) is 0 Å². The van der Waals surface area contributed by atoms with Gasteiger partial charge < -0.3 is 15.4 Å². The Hall–Kier alpha value is -2.14. The summed E-state index contributed by atoms with van der Waals surface area (Å²) in [7, 11) is 3.41. The van der Waals surface area contributed by atoms with Gasteiger partial charge in [0.15, 0.2) is 0 Å². The SMILES string of the molecule is COc1ccc(CN(C)c2cccc(C(N)=S)c2)c(F)c1.